The molecule has 0 aromatic carbocycles. The Morgan fingerprint density at radius 2 is 1.22 bits per heavy atom. The van der Waals surface area contributed by atoms with Gasteiger partial charge < -0.3 is 24.7 Å². The van der Waals surface area contributed by atoms with Crippen LogP contribution in [0.1, 0.15) is 116 Å². The molecule has 1 amide bonds. The lowest BCUT2D eigenvalue weighted by molar-refractivity contribution is -0.529. The van der Waals surface area contributed by atoms with E-state index in [-0.39, 0.29) is 85.0 Å². The van der Waals surface area contributed by atoms with Gasteiger partial charge in [-0.2, -0.15) is 5.48 Å². The molecule has 16 nitrogen and oxygen atoms in total. The molecule has 0 aromatic heterocycles. The third-order valence-corrected chi connectivity index (χ3v) is 12.1. The topological polar surface area (TPSA) is 222 Å². The molecule has 5 fully saturated rings. The predicted molar refractivity (Wildman–Crippen MR) is 177 cm³/mol. The molecule has 8 atom stereocenters. The van der Waals surface area contributed by atoms with E-state index in [2.05, 4.69) is 15.7 Å². The van der Waals surface area contributed by atoms with E-state index >= 15 is 0 Å². The maximum atomic E-state index is 13.0. The maximum absolute atomic E-state index is 13.0. The van der Waals surface area contributed by atoms with Gasteiger partial charge >= 0.3 is 5.97 Å². The first kappa shape index (κ1) is 38.7. The first-order valence-electron chi connectivity index (χ1n) is 18.8. The molecular formula is C34H56N4O12. The van der Waals surface area contributed by atoms with Gasteiger partial charge in [-0.05, 0) is 102 Å². The van der Waals surface area contributed by atoms with E-state index in [9.17, 15) is 34.9 Å². The number of carboxylic acid groups (broad SMARTS) is 1. The van der Waals surface area contributed by atoms with Crippen molar-refractivity contribution in [1.82, 2.24) is 10.8 Å². The summed E-state index contributed by atoms with van der Waals surface area (Å²) in [6.45, 7) is 0.499. The summed E-state index contributed by atoms with van der Waals surface area (Å²) in [5.41, 5.74) is 3.17. The molecule has 4 N–H and O–H groups in total. The van der Waals surface area contributed by atoms with Gasteiger partial charge in [0.2, 0.25) is 18.0 Å². The summed E-state index contributed by atoms with van der Waals surface area (Å²) < 4.78 is 13.1. The van der Waals surface area contributed by atoms with Gasteiger partial charge in [0, 0.05) is 47.6 Å². The van der Waals surface area contributed by atoms with Gasteiger partial charge in [-0.15, -0.1) is 0 Å². The van der Waals surface area contributed by atoms with Crippen molar-refractivity contribution in [3.05, 3.63) is 20.2 Å². The van der Waals surface area contributed by atoms with Crippen molar-refractivity contribution in [2.75, 3.05) is 13.2 Å². The predicted octanol–water partition coefficient (Wildman–Crippen LogP) is 4.29. The molecule has 0 saturated heterocycles. The zero-order valence-electron chi connectivity index (χ0n) is 28.9. The fourth-order valence-electron chi connectivity index (χ4n) is 9.07. The van der Waals surface area contributed by atoms with Crippen LogP contribution in [0.3, 0.4) is 0 Å². The Morgan fingerprint density at radius 3 is 1.80 bits per heavy atom. The van der Waals surface area contributed by atoms with E-state index in [0.29, 0.717) is 25.9 Å². The first-order valence-corrected chi connectivity index (χ1v) is 18.8. The average Bonchev–Trinajstić information content (AvgIpc) is 3.10. The van der Waals surface area contributed by atoms with Crippen LogP contribution in [0.5, 0.6) is 0 Å². The molecule has 5 aliphatic rings. The Labute approximate surface area is 292 Å². The molecule has 0 radical (unpaired) electrons. The highest BCUT2D eigenvalue weighted by Gasteiger charge is 2.44. The fraction of sp³-hybridized carbons (Fsp3) is 0.941. The molecule has 8 unspecified atom stereocenters. The number of rotatable bonds is 15. The lowest BCUT2D eigenvalue weighted by Gasteiger charge is -2.38. The van der Waals surface area contributed by atoms with Crippen LogP contribution in [0.25, 0.3) is 0 Å². The molecule has 16 heteroatoms. The monoisotopic (exact) mass is 712 g/mol. The summed E-state index contributed by atoms with van der Waals surface area (Å²) in [6, 6.07) is -1.35. The lowest BCUT2D eigenvalue weighted by Crippen LogP contribution is -2.48. The van der Waals surface area contributed by atoms with Crippen molar-refractivity contribution in [3.8, 4) is 0 Å². The van der Waals surface area contributed by atoms with Crippen molar-refractivity contribution in [2.24, 2.45) is 23.7 Å². The molecular weight excluding hydrogens is 656 g/mol. The van der Waals surface area contributed by atoms with Gasteiger partial charge in [0.1, 0.15) is 0 Å². The summed E-state index contributed by atoms with van der Waals surface area (Å²) >= 11 is 0. The number of aliphatic carboxylic acids is 1. The minimum Gasteiger partial charge on any atom is -0.481 e. The zero-order chi connectivity index (χ0) is 35.6. The summed E-state index contributed by atoms with van der Waals surface area (Å²) in [4.78, 5) is 57.0. The number of nitrogens with zero attached hydrogens (tertiary/aromatic N) is 2. The van der Waals surface area contributed by atoms with Crippen LogP contribution >= 0.6 is 0 Å². The highest BCUT2D eigenvalue weighted by atomic mass is 17.1. The third kappa shape index (κ3) is 11.0. The number of hydroxylamine groups is 1. The Hall–Kier alpha value is -2.50. The van der Waals surface area contributed by atoms with Crippen molar-refractivity contribution < 1.29 is 49.0 Å². The minimum atomic E-state index is -1.07. The van der Waals surface area contributed by atoms with Crippen molar-refractivity contribution >= 4 is 11.9 Å². The van der Waals surface area contributed by atoms with Gasteiger partial charge in [-0.1, -0.05) is 0 Å². The van der Waals surface area contributed by atoms with Crippen molar-refractivity contribution in [3.63, 3.8) is 0 Å². The Bertz CT molecular complexity index is 1130. The van der Waals surface area contributed by atoms with Crippen LogP contribution in [0.15, 0.2) is 0 Å². The minimum absolute atomic E-state index is 0.0314. The molecule has 5 aliphatic carbocycles. The van der Waals surface area contributed by atoms with Crippen molar-refractivity contribution in [2.45, 2.75) is 164 Å². The second-order valence-electron chi connectivity index (χ2n) is 15.4. The van der Waals surface area contributed by atoms with E-state index in [0.717, 1.165) is 77.0 Å². The highest BCUT2D eigenvalue weighted by molar-refractivity contribution is 5.85. The quantitative estimate of drug-likeness (QED) is 0.106. The van der Waals surface area contributed by atoms with Crippen LogP contribution in [-0.4, -0.2) is 93.9 Å². The molecule has 0 spiro atoms. The second-order valence-corrected chi connectivity index (χ2v) is 15.4. The maximum Gasteiger partial charge on any atom is 0.307 e. The number of nitrogens with one attached hydrogen (secondary N) is 2. The smallest absolute Gasteiger partial charge is 0.307 e. The highest BCUT2D eigenvalue weighted by Crippen LogP contribution is 2.35. The molecule has 0 aromatic rings. The van der Waals surface area contributed by atoms with E-state index in [1.165, 1.54) is 0 Å². The van der Waals surface area contributed by atoms with E-state index in [1.807, 2.05) is 0 Å². The normalized spacial score (nSPS) is 38.2. The number of hydrogen-bond acceptors (Lipinski definition) is 12. The Balaban J connectivity index is 0.965. The van der Waals surface area contributed by atoms with Gasteiger partial charge in [0.05, 0.1) is 49.5 Å². The summed E-state index contributed by atoms with van der Waals surface area (Å²) in [5, 5.41) is 44.1. The average molecular weight is 713 g/mol. The van der Waals surface area contributed by atoms with Crippen LogP contribution in [0.2, 0.25) is 0 Å². The summed E-state index contributed by atoms with van der Waals surface area (Å²) in [6.07, 6.45) is 13.0. The van der Waals surface area contributed by atoms with Crippen molar-refractivity contribution in [1.29, 1.82) is 0 Å². The van der Waals surface area contributed by atoms with E-state index < -0.39 is 34.8 Å². The van der Waals surface area contributed by atoms with Crippen LogP contribution in [-0.2, 0) is 28.8 Å². The fourth-order valence-corrected chi connectivity index (χ4v) is 9.07. The number of carboxylic acids is 1. The van der Waals surface area contributed by atoms with Crippen LogP contribution < -0.4 is 10.8 Å². The standard InChI is InChI=1S/C34H56N4O12/c39-33(32-17-26(38(44)45)10-15-31(32)34(40)41)35-23-5-11-27(12-6-23)49-29-2-1-3-30(18-29)50-28-13-7-24(8-14-28)36-47-19-22-16-25(37(42)43)9-4-21(22)20-48-46/h21-32,36,46H,1-20H2,(H,35,39)(H,40,41). The molecule has 284 valence electrons. The molecule has 5 saturated carbocycles. The molecule has 0 aliphatic heterocycles. The van der Waals surface area contributed by atoms with Gasteiger partial charge in [-0.25, -0.2) is 4.89 Å². The SMILES string of the molecule is O=C(O)C1CCC([N+](=O)[O-])CC1C(=O)NC1CCC(OC2CCCC(OC3CCC(NOCC4CC([N+](=O)[O-])CCC4COO)CC3)C2)CC1. The van der Waals surface area contributed by atoms with Gasteiger partial charge in [0.15, 0.2) is 0 Å². The van der Waals surface area contributed by atoms with E-state index in [1.54, 1.807) is 0 Å². The molecule has 0 bridgehead atoms. The first-order chi connectivity index (χ1) is 24.1. The summed E-state index contributed by atoms with van der Waals surface area (Å²) in [7, 11) is 0. The number of hydrogen-bond donors (Lipinski definition) is 4. The molecule has 5 rings (SSSR count). The molecule has 50 heavy (non-hydrogen) atoms. The second kappa shape index (κ2) is 18.8. The van der Waals surface area contributed by atoms with Gasteiger partial charge in [0.25, 0.3) is 0 Å². The van der Waals surface area contributed by atoms with E-state index in [4.69, 9.17) is 19.6 Å². The Kier molecular flexibility index (Phi) is 14.6. The largest absolute Gasteiger partial charge is 0.481 e. The number of carbonyl (C=O) groups excluding carboxylic acids is 1. The summed E-state index contributed by atoms with van der Waals surface area (Å²) in [5.74, 6) is -3.24. The lowest BCUT2D eigenvalue weighted by atomic mass is 9.76. The third-order valence-electron chi connectivity index (χ3n) is 12.1. The van der Waals surface area contributed by atoms with Gasteiger partial charge in [-0.3, -0.25) is 35.1 Å². The number of carbonyl (C=O) groups is 2. The zero-order valence-corrected chi connectivity index (χ0v) is 28.9. The molecule has 0 heterocycles. The number of amides is 1. The van der Waals surface area contributed by atoms with Crippen LogP contribution in [0, 0.1) is 43.9 Å². The van der Waals surface area contributed by atoms with Crippen LogP contribution in [0.4, 0.5) is 0 Å². The number of nitro groups is 2. The number of ether oxygens (including phenoxy) is 2. The Morgan fingerprint density at radius 1 is 0.640 bits per heavy atom.